The standard InChI is InChI=1S/C10H16N2O2/c1-14-10-3-2-5-12-9(10)7-8(11)4-6-13/h2-3,5,8,13H,4,6-7,11H2,1H3/t8-/m1/s1. The molecule has 78 valence electrons. The van der Waals surface area contributed by atoms with Gasteiger partial charge in [0, 0.05) is 25.3 Å². The van der Waals surface area contributed by atoms with Gasteiger partial charge in [-0.2, -0.15) is 0 Å². The van der Waals surface area contributed by atoms with E-state index in [0.29, 0.717) is 12.8 Å². The van der Waals surface area contributed by atoms with Crippen LogP contribution in [0.25, 0.3) is 0 Å². The Labute approximate surface area is 83.7 Å². The number of aliphatic hydroxyl groups is 1. The Bertz CT molecular complexity index is 279. The van der Waals surface area contributed by atoms with Crippen LogP contribution in [0.4, 0.5) is 0 Å². The van der Waals surface area contributed by atoms with Gasteiger partial charge in [0.15, 0.2) is 0 Å². The molecule has 0 radical (unpaired) electrons. The van der Waals surface area contributed by atoms with E-state index in [1.165, 1.54) is 0 Å². The van der Waals surface area contributed by atoms with E-state index in [0.717, 1.165) is 11.4 Å². The first kappa shape index (κ1) is 10.9. The summed E-state index contributed by atoms with van der Waals surface area (Å²) in [6.07, 6.45) is 2.92. The molecule has 14 heavy (non-hydrogen) atoms. The molecule has 0 unspecified atom stereocenters. The number of pyridine rings is 1. The summed E-state index contributed by atoms with van der Waals surface area (Å²) in [7, 11) is 1.61. The van der Waals surface area contributed by atoms with Crippen LogP contribution in [-0.2, 0) is 6.42 Å². The number of nitrogens with zero attached hydrogens (tertiary/aromatic N) is 1. The SMILES string of the molecule is COc1cccnc1C[C@H](N)CCO. The summed E-state index contributed by atoms with van der Waals surface area (Å²) in [5.74, 6) is 0.751. The molecule has 0 fully saturated rings. The molecule has 0 aliphatic carbocycles. The van der Waals surface area contributed by atoms with Gasteiger partial charge in [-0.05, 0) is 18.6 Å². The van der Waals surface area contributed by atoms with Crippen LogP contribution in [0, 0.1) is 0 Å². The van der Waals surface area contributed by atoms with E-state index in [1.807, 2.05) is 12.1 Å². The van der Waals surface area contributed by atoms with Gasteiger partial charge < -0.3 is 15.6 Å². The Morgan fingerprint density at radius 3 is 3.07 bits per heavy atom. The fourth-order valence-corrected chi connectivity index (χ4v) is 1.28. The molecular formula is C10H16N2O2. The van der Waals surface area contributed by atoms with Crippen molar-refractivity contribution in [1.29, 1.82) is 0 Å². The molecule has 0 spiro atoms. The predicted molar refractivity (Wildman–Crippen MR) is 54.2 cm³/mol. The van der Waals surface area contributed by atoms with Crippen molar-refractivity contribution in [2.45, 2.75) is 18.9 Å². The molecule has 0 aromatic carbocycles. The lowest BCUT2D eigenvalue weighted by molar-refractivity contribution is 0.274. The number of nitrogens with two attached hydrogens (primary N) is 1. The smallest absolute Gasteiger partial charge is 0.140 e. The van der Waals surface area contributed by atoms with Crippen molar-refractivity contribution < 1.29 is 9.84 Å². The largest absolute Gasteiger partial charge is 0.495 e. The average molecular weight is 196 g/mol. The normalized spacial score (nSPS) is 12.5. The quantitative estimate of drug-likeness (QED) is 0.712. The first-order chi connectivity index (χ1) is 6.77. The third-order valence-electron chi connectivity index (χ3n) is 2.02. The van der Waals surface area contributed by atoms with Gasteiger partial charge in [-0.25, -0.2) is 0 Å². The number of methoxy groups -OCH3 is 1. The second kappa shape index (κ2) is 5.57. The lowest BCUT2D eigenvalue weighted by Crippen LogP contribution is -2.24. The van der Waals surface area contributed by atoms with Crippen LogP contribution in [0.5, 0.6) is 5.75 Å². The van der Waals surface area contributed by atoms with Crippen molar-refractivity contribution >= 4 is 0 Å². The zero-order valence-electron chi connectivity index (χ0n) is 8.31. The van der Waals surface area contributed by atoms with Gasteiger partial charge in [-0.3, -0.25) is 4.98 Å². The number of rotatable bonds is 5. The van der Waals surface area contributed by atoms with Gasteiger partial charge in [0.25, 0.3) is 0 Å². The molecule has 1 aromatic heterocycles. The highest BCUT2D eigenvalue weighted by Crippen LogP contribution is 2.16. The first-order valence-electron chi connectivity index (χ1n) is 4.62. The molecule has 0 aliphatic heterocycles. The first-order valence-corrected chi connectivity index (χ1v) is 4.62. The summed E-state index contributed by atoms with van der Waals surface area (Å²) in [5.41, 5.74) is 6.63. The molecule has 4 heteroatoms. The fourth-order valence-electron chi connectivity index (χ4n) is 1.28. The zero-order valence-corrected chi connectivity index (χ0v) is 8.31. The van der Waals surface area contributed by atoms with Crippen molar-refractivity contribution in [2.75, 3.05) is 13.7 Å². The van der Waals surface area contributed by atoms with E-state index in [-0.39, 0.29) is 12.6 Å². The third-order valence-corrected chi connectivity index (χ3v) is 2.02. The predicted octanol–water partition coefficient (Wildman–Crippen LogP) is 0.342. The molecule has 1 aromatic rings. The minimum atomic E-state index is -0.0659. The summed E-state index contributed by atoms with van der Waals surface area (Å²) in [5, 5.41) is 8.71. The van der Waals surface area contributed by atoms with E-state index < -0.39 is 0 Å². The molecule has 1 rings (SSSR count). The molecule has 0 saturated carbocycles. The average Bonchev–Trinajstić information content (AvgIpc) is 2.19. The van der Waals surface area contributed by atoms with E-state index in [1.54, 1.807) is 13.3 Å². The number of aromatic nitrogens is 1. The Morgan fingerprint density at radius 1 is 1.64 bits per heavy atom. The van der Waals surface area contributed by atoms with E-state index in [2.05, 4.69) is 4.98 Å². The fraction of sp³-hybridized carbons (Fsp3) is 0.500. The van der Waals surface area contributed by atoms with Gasteiger partial charge in [-0.15, -0.1) is 0 Å². The van der Waals surface area contributed by atoms with Crippen LogP contribution in [-0.4, -0.2) is 29.8 Å². The van der Waals surface area contributed by atoms with Crippen molar-refractivity contribution in [3.8, 4) is 5.75 Å². The van der Waals surface area contributed by atoms with Crippen molar-refractivity contribution in [1.82, 2.24) is 4.98 Å². The highest BCUT2D eigenvalue weighted by atomic mass is 16.5. The second-order valence-corrected chi connectivity index (χ2v) is 3.13. The molecule has 0 amide bonds. The zero-order chi connectivity index (χ0) is 10.4. The van der Waals surface area contributed by atoms with Crippen LogP contribution in [0.3, 0.4) is 0 Å². The van der Waals surface area contributed by atoms with Crippen LogP contribution >= 0.6 is 0 Å². The molecule has 0 bridgehead atoms. The molecule has 0 saturated heterocycles. The van der Waals surface area contributed by atoms with E-state index in [4.69, 9.17) is 15.6 Å². The number of ether oxygens (including phenoxy) is 1. The minimum absolute atomic E-state index is 0.0659. The maximum absolute atomic E-state index is 8.71. The topological polar surface area (TPSA) is 68.4 Å². The Balaban J connectivity index is 2.65. The minimum Gasteiger partial charge on any atom is -0.495 e. The Kier molecular flexibility index (Phi) is 4.35. The summed E-state index contributed by atoms with van der Waals surface area (Å²) >= 11 is 0. The lowest BCUT2D eigenvalue weighted by atomic mass is 10.1. The van der Waals surface area contributed by atoms with Crippen LogP contribution in [0.1, 0.15) is 12.1 Å². The van der Waals surface area contributed by atoms with Crippen molar-refractivity contribution in [3.05, 3.63) is 24.0 Å². The van der Waals surface area contributed by atoms with Crippen molar-refractivity contribution in [2.24, 2.45) is 5.73 Å². The maximum atomic E-state index is 8.71. The molecule has 4 nitrogen and oxygen atoms in total. The van der Waals surface area contributed by atoms with E-state index >= 15 is 0 Å². The van der Waals surface area contributed by atoms with Gasteiger partial charge in [0.05, 0.1) is 12.8 Å². The maximum Gasteiger partial charge on any atom is 0.140 e. The molecule has 3 N–H and O–H groups in total. The second-order valence-electron chi connectivity index (χ2n) is 3.13. The van der Waals surface area contributed by atoms with Gasteiger partial charge >= 0.3 is 0 Å². The van der Waals surface area contributed by atoms with Crippen LogP contribution in [0.15, 0.2) is 18.3 Å². The molecular weight excluding hydrogens is 180 g/mol. The van der Waals surface area contributed by atoms with Gasteiger partial charge in [0.2, 0.25) is 0 Å². The van der Waals surface area contributed by atoms with Gasteiger partial charge in [-0.1, -0.05) is 0 Å². The Hall–Kier alpha value is -1.13. The Morgan fingerprint density at radius 2 is 2.43 bits per heavy atom. The number of aliphatic hydroxyl groups excluding tert-OH is 1. The highest BCUT2D eigenvalue weighted by molar-refractivity contribution is 5.27. The van der Waals surface area contributed by atoms with Crippen LogP contribution in [0.2, 0.25) is 0 Å². The molecule has 0 aliphatic rings. The monoisotopic (exact) mass is 196 g/mol. The lowest BCUT2D eigenvalue weighted by Gasteiger charge is -2.11. The summed E-state index contributed by atoms with van der Waals surface area (Å²) in [6, 6.07) is 3.61. The summed E-state index contributed by atoms with van der Waals surface area (Å²) in [6.45, 7) is 0.107. The van der Waals surface area contributed by atoms with Crippen LogP contribution < -0.4 is 10.5 Å². The number of hydrogen-bond donors (Lipinski definition) is 2. The third kappa shape index (κ3) is 2.97. The molecule has 1 heterocycles. The van der Waals surface area contributed by atoms with Gasteiger partial charge in [0.1, 0.15) is 5.75 Å². The van der Waals surface area contributed by atoms with E-state index in [9.17, 15) is 0 Å². The highest BCUT2D eigenvalue weighted by Gasteiger charge is 2.08. The summed E-state index contributed by atoms with van der Waals surface area (Å²) in [4.78, 5) is 4.19. The van der Waals surface area contributed by atoms with Crippen molar-refractivity contribution in [3.63, 3.8) is 0 Å². The summed E-state index contributed by atoms with van der Waals surface area (Å²) < 4.78 is 5.14. The number of hydrogen-bond acceptors (Lipinski definition) is 4. The molecule has 1 atom stereocenters.